The quantitative estimate of drug-likeness (QED) is 0.748. The van der Waals surface area contributed by atoms with Gasteiger partial charge in [-0.1, -0.05) is 0 Å². The van der Waals surface area contributed by atoms with Gasteiger partial charge in [0.25, 0.3) is 5.56 Å². The number of hydrogen-bond acceptors (Lipinski definition) is 5. The molecule has 0 saturated carbocycles. The molecule has 3 heterocycles. The Hall–Kier alpha value is -1.73. The monoisotopic (exact) mass is 249 g/mol. The molecule has 2 aromatic rings. The molecule has 1 unspecified atom stereocenters. The van der Waals surface area contributed by atoms with Crippen molar-refractivity contribution in [2.24, 2.45) is 7.05 Å². The molecule has 0 bridgehead atoms. The highest BCUT2D eigenvalue weighted by Gasteiger charge is 2.16. The van der Waals surface area contributed by atoms with Gasteiger partial charge in [0.15, 0.2) is 5.65 Å². The first kappa shape index (κ1) is 11.4. The standard InChI is InChI=1S/C11H15N5O2/c1-15-10-9(5-14-15)11(17)16(7-13-10)6-8-4-12-2-3-18-8/h5,7-8,12H,2-4,6H2,1H3. The fourth-order valence-electron chi connectivity index (χ4n) is 2.15. The highest BCUT2D eigenvalue weighted by molar-refractivity contribution is 5.72. The SMILES string of the molecule is Cn1ncc2c(=O)n(CC3CNCCO3)cnc21. The summed E-state index contributed by atoms with van der Waals surface area (Å²) in [5.41, 5.74) is 0.543. The van der Waals surface area contributed by atoms with Gasteiger partial charge in [-0.15, -0.1) is 0 Å². The van der Waals surface area contributed by atoms with E-state index in [2.05, 4.69) is 15.4 Å². The smallest absolute Gasteiger partial charge is 0.264 e. The van der Waals surface area contributed by atoms with E-state index in [1.54, 1.807) is 28.8 Å². The van der Waals surface area contributed by atoms with E-state index in [1.165, 1.54) is 0 Å². The lowest BCUT2D eigenvalue weighted by Gasteiger charge is -2.23. The summed E-state index contributed by atoms with van der Waals surface area (Å²) < 4.78 is 8.77. The first-order valence-electron chi connectivity index (χ1n) is 5.95. The Kier molecular flexibility index (Phi) is 2.85. The van der Waals surface area contributed by atoms with E-state index in [-0.39, 0.29) is 11.7 Å². The van der Waals surface area contributed by atoms with E-state index in [0.29, 0.717) is 24.2 Å². The summed E-state index contributed by atoms with van der Waals surface area (Å²) in [4.78, 5) is 16.5. The van der Waals surface area contributed by atoms with Crippen molar-refractivity contribution in [1.82, 2.24) is 24.6 Å². The predicted octanol–water partition coefficient (Wildman–Crippen LogP) is -0.882. The maximum atomic E-state index is 12.2. The molecule has 1 fully saturated rings. The van der Waals surface area contributed by atoms with E-state index in [9.17, 15) is 4.79 Å². The van der Waals surface area contributed by atoms with Gasteiger partial charge in [0.05, 0.1) is 25.5 Å². The number of nitrogens with zero attached hydrogens (tertiary/aromatic N) is 4. The Labute approximate surface area is 103 Å². The van der Waals surface area contributed by atoms with Crippen LogP contribution in [0.25, 0.3) is 11.0 Å². The fraction of sp³-hybridized carbons (Fsp3) is 0.545. The van der Waals surface area contributed by atoms with Gasteiger partial charge < -0.3 is 10.1 Å². The average molecular weight is 249 g/mol. The Morgan fingerprint density at radius 2 is 2.50 bits per heavy atom. The van der Waals surface area contributed by atoms with Crippen LogP contribution in [0.3, 0.4) is 0 Å². The third-order valence-corrected chi connectivity index (χ3v) is 3.12. The minimum atomic E-state index is -0.0673. The predicted molar refractivity (Wildman–Crippen MR) is 65.4 cm³/mol. The van der Waals surface area contributed by atoms with Gasteiger partial charge in [0, 0.05) is 20.1 Å². The molecule has 96 valence electrons. The molecular weight excluding hydrogens is 234 g/mol. The van der Waals surface area contributed by atoms with Crippen LogP contribution < -0.4 is 10.9 Å². The summed E-state index contributed by atoms with van der Waals surface area (Å²) in [6.45, 7) is 2.83. The van der Waals surface area contributed by atoms with Crippen LogP contribution in [0.5, 0.6) is 0 Å². The second-order valence-electron chi connectivity index (χ2n) is 4.40. The van der Waals surface area contributed by atoms with E-state index in [1.807, 2.05) is 0 Å². The van der Waals surface area contributed by atoms with Crippen LogP contribution in [0.1, 0.15) is 0 Å². The maximum absolute atomic E-state index is 12.2. The molecule has 1 saturated heterocycles. The van der Waals surface area contributed by atoms with Crippen molar-refractivity contribution in [3.8, 4) is 0 Å². The zero-order chi connectivity index (χ0) is 12.5. The van der Waals surface area contributed by atoms with Gasteiger partial charge in [-0.2, -0.15) is 5.10 Å². The van der Waals surface area contributed by atoms with Crippen molar-refractivity contribution in [2.75, 3.05) is 19.7 Å². The Morgan fingerprint density at radius 1 is 1.61 bits per heavy atom. The summed E-state index contributed by atoms with van der Waals surface area (Å²) in [5, 5.41) is 7.83. The van der Waals surface area contributed by atoms with Crippen LogP contribution in [-0.4, -0.2) is 45.1 Å². The minimum absolute atomic E-state index is 0.0207. The van der Waals surface area contributed by atoms with Crippen LogP contribution in [0.4, 0.5) is 0 Å². The second kappa shape index (κ2) is 4.51. The molecule has 1 aliphatic rings. The molecule has 1 atom stereocenters. The first-order chi connectivity index (χ1) is 8.75. The topological polar surface area (TPSA) is 74.0 Å². The fourth-order valence-corrected chi connectivity index (χ4v) is 2.15. The molecule has 7 heteroatoms. The van der Waals surface area contributed by atoms with Crippen molar-refractivity contribution in [3.05, 3.63) is 22.9 Å². The van der Waals surface area contributed by atoms with Crippen molar-refractivity contribution in [1.29, 1.82) is 0 Å². The van der Waals surface area contributed by atoms with Gasteiger partial charge >= 0.3 is 0 Å². The number of fused-ring (bicyclic) bond motifs is 1. The number of aromatic nitrogens is 4. The summed E-state index contributed by atoms with van der Waals surface area (Å²) in [7, 11) is 1.77. The van der Waals surface area contributed by atoms with E-state index < -0.39 is 0 Å². The maximum Gasteiger partial charge on any atom is 0.264 e. The molecule has 0 aliphatic carbocycles. The van der Waals surface area contributed by atoms with Gasteiger partial charge in [0.2, 0.25) is 0 Å². The normalized spacial score (nSPS) is 20.4. The summed E-state index contributed by atoms with van der Waals surface area (Å²) in [6, 6.07) is 0. The van der Waals surface area contributed by atoms with Gasteiger partial charge in [-0.05, 0) is 0 Å². The molecule has 3 rings (SSSR count). The molecule has 0 radical (unpaired) electrons. The molecule has 0 spiro atoms. The lowest BCUT2D eigenvalue weighted by molar-refractivity contribution is 0.0175. The number of ether oxygens (including phenoxy) is 1. The molecule has 0 aromatic carbocycles. The minimum Gasteiger partial charge on any atom is -0.374 e. The lowest BCUT2D eigenvalue weighted by Crippen LogP contribution is -2.42. The Bertz CT molecular complexity index is 611. The zero-order valence-corrected chi connectivity index (χ0v) is 10.2. The van der Waals surface area contributed by atoms with Crippen molar-refractivity contribution in [3.63, 3.8) is 0 Å². The summed E-state index contributed by atoms with van der Waals surface area (Å²) in [6.07, 6.45) is 3.14. The highest BCUT2D eigenvalue weighted by Crippen LogP contribution is 2.04. The van der Waals surface area contributed by atoms with Gasteiger partial charge in [0.1, 0.15) is 11.7 Å². The third-order valence-electron chi connectivity index (χ3n) is 3.12. The van der Waals surface area contributed by atoms with Gasteiger partial charge in [-0.3, -0.25) is 14.0 Å². The molecule has 2 aromatic heterocycles. The van der Waals surface area contributed by atoms with Crippen LogP contribution >= 0.6 is 0 Å². The van der Waals surface area contributed by atoms with Crippen LogP contribution in [0.2, 0.25) is 0 Å². The second-order valence-corrected chi connectivity index (χ2v) is 4.40. The number of nitrogens with one attached hydrogen (secondary N) is 1. The molecule has 0 amide bonds. The van der Waals surface area contributed by atoms with Crippen molar-refractivity contribution in [2.45, 2.75) is 12.6 Å². The average Bonchev–Trinajstić information content (AvgIpc) is 2.77. The van der Waals surface area contributed by atoms with E-state index >= 15 is 0 Å². The van der Waals surface area contributed by atoms with Crippen LogP contribution in [0, 0.1) is 0 Å². The number of rotatable bonds is 2. The zero-order valence-electron chi connectivity index (χ0n) is 10.2. The van der Waals surface area contributed by atoms with Crippen LogP contribution in [-0.2, 0) is 18.3 Å². The largest absolute Gasteiger partial charge is 0.374 e. The molecule has 18 heavy (non-hydrogen) atoms. The molecule has 7 nitrogen and oxygen atoms in total. The lowest BCUT2D eigenvalue weighted by atomic mass is 10.3. The summed E-state index contributed by atoms with van der Waals surface area (Å²) in [5.74, 6) is 0. The van der Waals surface area contributed by atoms with Crippen molar-refractivity contribution >= 4 is 11.0 Å². The van der Waals surface area contributed by atoms with E-state index in [4.69, 9.17) is 4.74 Å². The van der Waals surface area contributed by atoms with Crippen molar-refractivity contribution < 1.29 is 4.74 Å². The Morgan fingerprint density at radius 3 is 3.28 bits per heavy atom. The number of aryl methyl sites for hydroxylation is 1. The Balaban J connectivity index is 1.92. The summed E-state index contributed by atoms with van der Waals surface area (Å²) >= 11 is 0. The first-order valence-corrected chi connectivity index (χ1v) is 5.95. The van der Waals surface area contributed by atoms with Gasteiger partial charge in [-0.25, -0.2) is 4.98 Å². The number of morpholine rings is 1. The third kappa shape index (κ3) is 1.91. The van der Waals surface area contributed by atoms with E-state index in [0.717, 1.165) is 13.1 Å². The molecule has 1 aliphatic heterocycles. The number of hydrogen-bond donors (Lipinski definition) is 1. The highest BCUT2D eigenvalue weighted by atomic mass is 16.5. The molecule has 1 N–H and O–H groups in total. The van der Waals surface area contributed by atoms with Crippen LogP contribution in [0.15, 0.2) is 17.3 Å². The molecular formula is C11H15N5O2.